The number of esters is 1. The number of hydrogen-bond donors (Lipinski definition) is 0. The quantitative estimate of drug-likeness (QED) is 0.161. The van der Waals surface area contributed by atoms with Crippen molar-refractivity contribution in [3.05, 3.63) is 59.7 Å². The highest BCUT2D eigenvalue weighted by atomic mass is 32.1. The Kier molecular flexibility index (Phi) is 7.86. The molecule has 0 fully saturated rings. The average Bonchev–Trinajstić information content (AvgIpc) is 3.35. The van der Waals surface area contributed by atoms with Gasteiger partial charge in [-0.25, -0.2) is 4.79 Å². The summed E-state index contributed by atoms with van der Waals surface area (Å²) in [7, 11) is -2.02. The standard InChI is InChI=1S/C29H36O3S2Si/c1-8-31-29(30)22-15-13-21(14-16-22)26-24(17-32-35(18(2)3,19(4)5)20(6)7)28-27(34-26)23-11-9-10-12-25(23)33-28/h9-16,18-20H,8,17H2,1-7H3. The number of fused-ring (bicyclic) bond motifs is 3. The summed E-state index contributed by atoms with van der Waals surface area (Å²) in [5, 5.41) is 1.31. The fourth-order valence-corrected chi connectivity index (χ4v) is 13.8. The minimum absolute atomic E-state index is 0.276. The van der Waals surface area contributed by atoms with E-state index in [4.69, 9.17) is 9.16 Å². The van der Waals surface area contributed by atoms with Gasteiger partial charge in [0.1, 0.15) is 0 Å². The maximum atomic E-state index is 12.2. The Balaban J connectivity index is 1.82. The number of hydrogen-bond acceptors (Lipinski definition) is 5. The molecule has 0 aliphatic carbocycles. The fourth-order valence-electron chi connectivity index (χ4n) is 5.62. The van der Waals surface area contributed by atoms with Gasteiger partial charge in [0.2, 0.25) is 8.32 Å². The highest BCUT2D eigenvalue weighted by Gasteiger charge is 2.45. The number of rotatable bonds is 9. The molecule has 0 aliphatic heterocycles. The molecule has 0 spiro atoms. The Morgan fingerprint density at radius 3 is 2.09 bits per heavy atom. The van der Waals surface area contributed by atoms with Crippen molar-refractivity contribution >= 4 is 56.4 Å². The SMILES string of the molecule is CCOC(=O)c1ccc(-c2sc3c(sc4ccccc43)c2CO[Si](C(C)C)(C(C)C)C(C)C)cc1. The van der Waals surface area contributed by atoms with Crippen LogP contribution in [0, 0.1) is 0 Å². The minimum Gasteiger partial charge on any atom is -0.462 e. The van der Waals surface area contributed by atoms with Crippen LogP contribution < -0.4 is 0 Å². The van der Waals surface area contributed by atoms with Crippen LogP contribution in [0.1, 0.15) is 64.4 Å². The number of ether oxygens (including phenoxy) is 1. The van der Waals surface area contributed by atoms with Gasteiger partial charge in [-0.1, -0.05) is 71.9 Å². The largest absolute Gasteiger partial charge is 0.462 e. The lowest BCUT2D eigenvalue weighted by molar-refractivity contribution is 0.0526. The van der Waals surface area contributed by atoms with Crippen LogP contribution in [0.25, 0.3) is 29.9 Å². The Hall–Kier alpha value is -1.99. The molecule has 35 heavy (non-hydrogen) atoms. The molecule has 2 heterocycles. The summed E-state index contributed by atoms with van der Waals surface area (Å²) in [6, 6.07) is 16.5. The lowest BCUT2D eigenvalue weighted by Crippen LogP contribution is -2.47. The van der Waals surface area contributed by atoms with Crippen LogP contribution in [0.5, 0.6) is 0 Å². The van der Waals surface area contributed by atoms with E-state index < -0.39 is 8.32 Å². The van der Waals surface area contributed by atoms with Crippen LogP contribution in [-0.2, 0) is 15.8 Å². The average molecular weight is 525 g/mol. The van der Waals surface area contributed by atoms with Gasteiger partial charge in [0.05, 0.1) is 28.2 Å². The molecule has 0 atom stereocenters. The van der Waals surface area contributed by atoms with Gasteiger partial charge in [0, 0.05) is 20.5 Å². The summed E-state index contributed by atoms with van der Waals surface area (Å²) in [6.07, 6.45) is 0. The summed E-state index contributed by atoms with van der Waals surface area (Å²) in [5.41, 5.74) is 4.60. The molecule has 6 heteroatoms. The Morgan fingerprint density at radius 1 is 0.857 bits per heavy atom. The topological polar surface area (TPSA) is 35.5 Å². The third-order valence-electron chi connectivity index (χ3n) is 7.13. The van der Waals surface area contributed by atoms with Crippen molar-refractivity contribution in [3.63, 3.8) is 0 Å². The molecule has 4 aromatic rings. The van der Waals surface area contributed by atoms with E-state index >= 15 is 0 Å². The Labute approximate surface area is 218 Å². The van der Waals surface area contributed by atoms with Crippen LogP contribution >= 0.6 is 22.7 Å². The molecule has 0 aliphatic rings. The lowest BCUT2D eigenvalue weighted by atomic mass is 10.1. The van der Waals surface area contributed by atoms with E-state index in [1.165, 1.54) is 29.9 Å². The molecule has 3 nitrogen and oxygen atoms in total. The summed E-state index contributed by atoms with van der Waals surface area (Å²) >= 11 is 3.71. The van der Waals surface area contributed by atoms with Crippen molar-refractivity contribution in [1.82, 2.24) is 0 Å². The summed E-state index contributed by atoms with van der Waals surface area (Å²) in [5.74, 6) is -0.276. The molecule has 0 radical (unpaired) electrons. The van der Waals surface area contributed by atoms with Crippen molar-refractivity contribution in [2.75, 3.05) is 6.61 Å². The van der Waals surface area contributed by atoms with Crippen LogP contribution in [0.15, 0.2) is 48.5 Å². The number of benzene rings is 2. The first-order valence-corrected chi connectivity index (χ1v) is 16.3. The third kappa shape index (κ3) is 4.74. The molecule has 2 aromatic heterocycles. The molecule has 4 rings (SSSR count). The van der Waals surface area contributed by atoms with Crippen molar-refractivity contribution < 1.29 is 14.0 Å². The van der Waals surface area contributed by atoms with E-state index in [1.54, 1.807) is 0 Å². The van der Waals surface area contributed by atoms with E-state index in [2.05, 4.69) is 65.8 Å². The van der Waals surface area contributed by atoms with Crippen molar-refractivity contribution in [2.45, 2.75) is 71.7 Å². The molecule has 2 aromatic carbocycles. The lowest BCUT2D eigenvalue weighted by Gasteiger charge is -2.42. The van der Waals surface area contributed by atoms with Gasteiger partial charge in [0.15, 0.2) is 0 Å². The minimum atomic E-state index is -2.02. The second-order valence-corrected chi connectivity index (χ2v) is 17.6. The number of thiophene rings is 2. The van der Waals surface area contributed by atoms with Crippen LogP contribution in [0.3, 0.4) is 0 Å². The number of carbonyl (C=O) groups excluding carboxylic acids is 1. The predicted molar refractivity (Wildman–Crippen MR) is 154 cm³/mol. The van der Waals surface area contributed by atoms with Gasteiger partial charge in [0.25, 0.3) is 0 Å². The monoisotopic (exact) mass is 524 g/mol. The predicted octanol–water partition coefficient (Wildman–Crippen LogP) is 9.65. The summed E-state index contributed by atoms with van der Waals surface area (Å²) in [4.78, 5) is 13.4. The first-order valence-electron chi connectivity index (χ1n) is 12.5. The molecule has 0 unspecified atom stereocenters. The molecule has 0 bridgehead atoms. The highest BCUT2D eigenvalue weighted by molar-refractivity contribution is 7.34. The zero-order valence-corrected chi connectivity index (χ0v) is 24.4. The van der Waals surface area contributed by atoms with Gasteiger partial charge in [-0.2, -0.15) is 0 Å². The molecule has 0 amide bonds. The second kappa shape index (κ2) is 10.6. The van der Waals surface area contributed by atoms with E-state index in [9.17, 15) is 4.79 Å². The second-order valence-electron chi connectivity index (χ2n) is 10.1. The van der Waals surface area contributed by atoms with Crippen LogP contribution in [0.2, 0.25) is 16.6 Å². The van der Waals surface area contributed by atoms with Crippen molar-refractivity contribution in [1.29, 1.82) is 0 Å². The first kappa shape index (κ1) is 26.1. The molecule has 0 saturated carbocycles. The van der Waals surface area contributed by atoms with E-state index in [-0.39, 0.29) is 5.97 Å². The Bertz CT molecular complexity index is 1290. The van der Waals surface area contributed by atoms with Gasteiger partial charge >= 0.3 is 5.97 Å². The smallest absolute Gasteiger partial charge is 0.338 e. The molecular weight excluding hydrogens is 489 g/mol. The van der Waals surface area contributed by atoms with Crippen LogP contribution in [-0.4, -0.2) is 20.9 Å². The molecule has 186 valence electrons. The van der Waals surface area contributed by atoms with Crippen molar-refractivity contribution in [3.8, 4) is 10.4 Å². The maximum Gasteiger partial charge on any atom is 0.338 e. The van der Waals surface area contributed by atoms with Gasteiger partial charge in [-0.15, -0.1) is 22.7 Å². The Morgan fingerprint density at radius 2 is 1.49 bits per heavy atom. The van der Waals surface area contributed by atoms with E-state index in [0.29, 0.717) is 35.4 Å². The van der Waals surface area contributed by atoms with Gasteiger partial charge in [-0.05, 0) is 47.3 Å². The van der Waals surface area contributed by atoms with Gasteiger partial charge in [-0.3, -0.25) is 0 Å². The summed E-state index contributed by atoms with van der Waals surface area (Å²) < 4.78 is 16.3. The summed E-state index contributed by atoms with van der Waals surface area (Å²) in [6.45, 7) is 16.9. The normalized spacial score (nSPS) is 12.5. The first-order chi connectivity index (χ1) is 16.7. The third-order valence-corrected chi connectivity index (χ3v) is 15.9. The zero-order chi connectivity index (χ0) is 25.3. The van der Waals surface area contributed by atoms with Gasteiger partial charge < -0.3 is 9.16 Å². The number of carbonyl (C=O) groups is 1. The van der Waals surface area contributed by atoms with E-state index in [0.717, 1.165) is 5.56 Å². The molecule has 0 saturated heterocycles. The van der Waals surface area contributed by atoms with Crippen LogP contribution in [0.4, 0.5) is 0 Å². The highest BCUT2D eigenvalue weighted by Crippen LogP contribution is 2.49. The molecule has 0 N–H and O–H groups in total. The zero-order valence-electron chi connectivity index (χ0n) is 21.8. The van der Waals surface area contributed by atoms with E-state index in [1.807, 2.05) is 53.9 Å². The van der Waals surface area contributed by atoms with Crippen molar-refractivity contribution in [2.24, 2.45) is 0 Å². The maximum absolute atomic E-state index is 12.2. The molecular formula is C29H36O3S2Si. The fraction of sp³-hybridized carbons (Fsp3) is 0.414.